The predicted octanol–water partition coefficient (Wildman–Crippen LogP) is 3.70. The summed E-state index contributed by atoms with van der Waals surface area (Å²) in [6, 6.07) is 13.0. The molecule has 36 heavy (non-hydrogen) atoms. The third-order valence-corrected chi connectivity index (χ3v) is 9.12. The highest BCUT2D eigenvalue weighted by Gasteiger charge is 2.27. The van der Waals surface area contributed by atoms with Gasteiger partial charge in [-0.1, -0.05) is 35.2 Å². The molecule has 2 N–H and O–H groups in total. The third-order valence-electron chi connectivity index (χ3n) is 5.23. The number of amides is 2. The van der Waals surface area contributed by atoms with Gasteiger partial charge < -0.3 is 10.1 Å². The first-order valence-electron chi connectivity index (χ1n) is 11.3. The maximum Gasteiger partial charge on any atom is 0.257 e. The monoisotopic (exact) mass is 547 g/mol. The van der Waals surface area contributed by atoms with Crippen molar-refractivity contribution < 1.29 is 22.7 Å². The van der Waals surface area contributed by atoms with Gasteiger partial charge in [0.1, 0.15) is 5.75 Å². The Kier molecular flexibility index (Phi) is 8.56. The first-order chi connectivity index (χ1) is 17.4. The highest BCUT2D eigenvalue weighted by Crippen LogP contribution is 2.28. The molecule has 0 bridgehead atoms. The zero-order chi connectivity index (χ0) is 25.5. The lowest BCUT2D eigenvalue weighted by molar-refractivity contribution is -0.113. The van der Waals surface area contributed by atoms with E-state index in [1.807, 2.05) is 19.1 Å². The second-order valence-electron chi connectivity index (χ2n) is 7.73. The Bertz CT molecular complexity index is 1320. The number of nitrogens with zero attached hydrogens (tertiary/aromatic N) is 3. The summed E-state index contributed by atoms with van der Waals surface area (Å²) in [4.78, 5) is 25.1. The standard InChI is InChI=1S/C23H25N5O5S3/c1-2-33-19-8-4-3-7-18(19)24-20(29)15-34-23-27-26-22(35-23)25-21(30)16-9-11-17(12-10-16)36(31,32)28-13-5-6-14-28/h3-4,7-12H,2,5-6,13-15H2,1H3,(H,24,29)(H,25,26,30). The average molecular weight is 548 g/mol. The molecule has 0 aliphatic carbocycles. The van der Waals surface area contributed by atoms with E-state index in [1.165, 1.54) is 40.3 Å². The van der Waals surface area contributed by atoms with Crippen molar-refractivity contribution >= 4 is 55.8 Å². The number of carbonyl (C=O) groups excluding carboxylic acids is 2. The zero-order valence-electron chi connectivity index (χ0n) is 19.5. The fourth-order valence-corrected chi connectivity index (χ4v) is 6.57. The van der Waals surface area contributed by atoms with Crippen LogP contribution < -0.4 is 15.4 Å². The number of rotatable bonds is 10. The van der Waals surface area contributed by atoms with E-state index >= 15 is 0 Å². The molecule has 4 rings (SSSR count). The second kappa shape index (κ2) is 11.8. The Balaban J connectivity index is 1.30. The molecule has 3 aromatic rings. The molecule has 0 spiro atoms. The maximum absolute atomic E-state index is 12.6. The van der Waals surface area contributed by atoms with Gasteiger partial charge in [0.15, 0.2) is 4.34 Å². The van der Waals surface area contributed by atoms with Crippen LogP contribution in [0.2, 0.25) is 0 Å². The Morgan fingerprint density at radius 1 is 1.06 bits per heavy atom. The SMILES string of the molecule is CCOc1ccccc1NC(=O)CSc1nnc(NC(=O)c2ccc(S(=O)(=O)N3CCCC3)cc2)s1. The fraction of sp³-hybridized carbons (Fsp3) is 0.304. The Labute approximate surface area is 217 Å². The number of sulfonamides is 1. The van der Waals surface area contributed by atoms with Crippen LogP contribution in [0.4, 0.5) is 10.8 Å². The first kappa shape index (κ1) is 26.1. The van der Waals surface area contributed by atoms with E-state index in [-0.39, 0.29) is 21.7 Å². The molecule has 13 heteroatoms. The molecule has 1 aliphatic heterocycles. The van der Waals surface area contributed by atoms with Gasteiger partial charge in [-0.25, -0.2) is 8.42 Å². The predicted molar refractivity (Wildman–Crippen MR) is 139 cm³/mol. The van der Waals surface area contributed by atoms with Gasteiger partial charge in [0.25, 0.3) is 5.91 Å². The number of para-hydroxylation sites is 2. The molecular weight excluding hydrogens is 522 g/mol. The van der Waals surface area contributed by atoms with Crippen molar-refractivity contribution in [2.45, 2.75) is 29.0 Å². The highest BCUT2D eigenvalue weighted by molar-refractivity contribution is 8.01. The smallest absolute Gasteiger partial charge is 0.257 e. The molecule has 0 radical (unpaired) electrons. The number of benzene rings is 2. The van der Waals surface area contributed by atoms with E-state index in [2.05, 4.69) is 20.8 Å². The first-order valence-corrected chi connectivity index (χ1v) is 14.5. The van der Waals surface area contributed by atoms with Crippen LogP contribution in [0.25, 0.3) is 0 Å². The van der Waals surface area contributed by atoms with E-state index < -0.39 is 15.9 Å². The van der Waals surface area contributed by atoms with Gasteiger partial charge in [0.05, 0.1) is 22.9 Å². The van der Waals surface area contributed by atoms with Gasteiger partial charge in [0.2, 0.25) is 21.1 Å². The summed E-state index contributed by atoms with van der Waals surface area (Å²) in [6.45, 7) is 3.40. The number of anilines is 2. The summed E-state index contributed by atoms with van der Waals surface area (Å²) < 4.78 is 32.8. The molecule has 0 unspecified atom stereocenters. The average Bonchev–Trinajstić information content (AvgIpc) is 3.57. The summed E-state index contributed by atoms with van der Waals surface area (Å²) in [5, 5.41) is 13.7. The molecule has 2 heterocycles. The molecule has 1 aromatic heterocycles. The van der Waals surface area contributed by atoms with Crippen molar-refractivity contribution in [1.29, 1.82) is 0 Å². The molecule has 0 saturated carbocycles. The Hall–Kier alpha value is -3.00. The molecule has 190 valence electrons. The van der Waals surface area contributed by atoms with Crippen LogP contribution in [0, 0.1) is 0 Å². The minimum Gasteiger partial charge on any atom is -0.492 e. The van der Waals surface area contributed by atoms with E-state index in [1.54, 1.807) is 12.1 Å². The van der Waals surface area contributed by atoms with Gasteiger partial charge in [-0.3, -0.25) is 14.9 Å². The number of hydrogen-bond acceptors (Lipinski definition) is 9. The molecular formula is C23H25N5O5S3. The van der Waals surface area contributed by atoms with Crippen molar-refractivity contribution in [3.8, 4) is 5.75 Å². The van der Waals surface area contributed by atoms with Crippen molar-refractivity contribution in [3.05, 3.63) is 54.1 Å². The highest BCUT2D eigenvalue weighted by atomic mass is 32.2. The summed E-state index contributed by atoms with van der Waals surface area (Å²) in [6.07, 6.45) is 1.71. The van der Waals surface area contributed by atoms with Crippen molar-refractivity contribution in [3.63, 3.8) is 0 Å². The van der Waals surface area contributed by atoms with Crippen molar-refractivity contribution in [1.82, 2.24) is 14.5 Å². The van der Waals surface area contributed by atoms with Gasteiger partial charge in [-0.05, 0) is 56.2 Å². The number of hydrogen-bond donors (Lipinski definition) is 2. The Morgan fingerprint density at radius 2 is 1.78 bits per heavy atom. The third kappa shape index (κ3) is 6.40. The fourth-order valence-electron chi connectivity index (χ4n) is 3.51. The summed E-state index contributed by atoms with van der Waals surface area (Å²) in [7, 11) is -3.54. The lowest BCUT2D eigenvalue weighted by Crippen LogP contribution is -2.27. The number of thioether (sulfide) groups is 1. The zero-order valence-corrected chi connectivity index (χ0v) is 21.9. The largest absolute Gasteiger partial charge is 0.492 e. The molecule has 1 fully saturated rings. The van der Waals surface area contributed by atoms with E-state index in [9.17, 15) is 18.0 Å². The lowest BCUT2D eigenvalue weighted by Gasteiger charge is -2.15. The topological polar surface area (TPSA) is 131 Å². The lowest BCUT2D eigenvalue weighted by atomic mass is 10.2. The minimum atomic E-state index is -3.54. The molecule has 2 aromatic carbocycles. The molecule has 1 saturated heterocycles. The maximum atomic E-state index is 12.6. The number of ether oxygens (including phenoxy) is 1. The molecule has 0 atom stereocenters. The van der Waals surface area contributed by atoms with E-state index in [0.29, 0.717) is 41.0 Å². The van der Waals surface area contributed by atoms with E-state index in [4.69, 9.17) is 4.74 Å². The normalized spacial score (nSPS) is 13.9. The number of carbonyl (C=O) groups is 2. The quantitative estimate of drug-likeness (QED) is 0.290. The van der Waals surface area contributed by atoms with Gasteiger partial charge in [-0.15, -0.1) is 10.2 Å². The molecule has 10 nitrogen and oxygen atoms in total. The molecule has 1 aliphatic rings. The van der Waals surface area contributed by atoms with Gasteiger partial charge in [0, 0.05) is 18.7 Å². The van der Waals surface area contributed by atoms with Crippen LogP contribution in [-0.4, -0.2) is 60.2 Å². The van der Waals surface area contributed by atoms with Crippen LogP contribution in [-0.2, 0) is 14.8 Å². The Morgan fingerprint density at radius 3 is 2.50 bits per heavy atom. The number of nitrogens with one attached hydrogen (secondary N) is 2. The van der Waals surface area contributed by atoms with Crippen LogP contribution in [0.5, 0.6) is 5.75 Å². The van der Waals surface area contributed by atoms with Crippen molar-refractivity contribution in [2.24, 2.45) is 0 Å². The van der Waals surface area contributed by atoms with Gasteiger partial charge in [-0.2, -0.15) is 4.31 Å². The van der Waals surface area contributed by atoms with Crippen LogP contribution in [0.15, 0.2) is 57.8 Å². The molecule has 2 amide bonds. The van der Waals surface area contributed by atoms with Crippen LogP contribution >= 0.6 is 23.1 Å². The van der Waals surface area contributed by atoms with Crippen LogP contribution in [0.1, 0.15) is 30.1 Å². The summed E-state index contributed by atoms with van der Waals surface area (Å²) >= 11 is 2.34. The number of aromatic nitrogens is 2. The van der Waals surface area contributed by atoms with Crippen molar-refractivity contribution in [2.75, 3.05) is 36.1 Å². The van der Waals surface area contributed by atoms with E-state index in [0.717, 1.165) is 24.2 Å². The second-order valence-corrected chi connectivity index (χ2v) is 11.9. The summed E-state index contributed by atoms with van der Waals surface area (Å²) in [5.74, 6) is 0.0478. The van der Waals surface area contributed by atoms with Crippen LogP contribution in [0.3, 0.4) is 0 Å². The summed E-state index contributed by atoms with van der Waals surface area (Å²) in [5.41, 5.74) is 0.890. The minimum absolute atomic E-state index is 0.107. The van der Waals surface area contributed by atoms with Gasteiger partial charge >= 0.3 is 0 Å².